The van der Waals surface area contributed by atoms with E-state index in [4.69, 9.17) is 5.73 Å². The zero-order chi connectivity index (χ0) is 14.3. The summed E-state index contributed by atoms with van der Waals surface area (Å²) in [6, 6.07) is 5.07. The first kappa shape index (κ1) is 13.6. The Labute approximate surface area is 119 Å². The molecule has 2 heterocycles. The zero-order valence-electron chi connectivity index (χ0n) is 11.5. The summed E-state index contributed by atoms with van der Waals surface area (Å²) in [5.74, 6) is 0. The second-order valence-corrected chi connectivity index (χ2v) is 7.46. The molecule has 1 saturated heterocycles. The van der Waals surface area contributed by atoms with Gasteiger partial charge in [0.15, 0.2) is 0 Å². The molecule has 2 aliphatic rings. The molecule has 0 atom stereocenters. The van der Waals surface area contributed by atoms with Gasteiger partial charge in [-0.25, -0.2) is 8.42 Å². The van der Waals surface area contributed by atoms with E-state index in [-0.39, 0.29) is 0 Å². The maximum absolute atomic E-state index is 12.5. The van der Waals surface area contributed by atoms with Crippen molar-refractivity contribution in [3.05, 3.63) is 28.7 Å². The lowest BCUT2D eigenvalue weighted by molar-refractivity contribution is 0.166. The van der Waals surface area contributed by atoms with Crippen molar-refractivity contribution < 1.29 is 8.42 Å². The van der Waals surface area contributed by atoms with E-state index >= 15 is 0 Å². The normalized spacial score (nSPS) is 22.6. The molecule has 108 valence electrons. The molecule has 0 saturated carbocycles. The van der Waals surface area contributed by atoms with Gasteiger partial charge in [-0.3, -0.25) is 4.90 Å². The van der Waals surface area contributed by atoms with Crippen molar-refractivity contribution in [2.75, 3.05) is 45.5 Å². The third-order valence-electron chi connectivity index (χ3n) is 3.96. The van der Waals surface area contributed by atoms with Crippen molar-refractivity contribution in [2.45, 2.75) is 4.90 Å². The van der Waals surface area contributed by atoms with Crippen LogP contribution in [0.5, 0.6) is 0 Å². The molecule has 20 heavy (non-hydrogen) atoms. The summed E-state index contributed by atoms with van der Waals surface area (Å²) in [4.78, 5) is 5.28. The number of nitrogens with zero attached hydrogens (tertiary/aromatic N) is 2. The number of hydrogen-bond donors (Lipinski definition) is 1. The number of likely N-dealkylation sites (N-methyl/N-ethyl adjacent to an activating group) is 1. The number of nitrogens with two attached hydrogens (primary N) is 1. The fourth-order valence-corrected chi connectivity index (χ4v) is 4.30. The summed E-state index contributed by atoms with van der Waals surface area (Å²) in [6.07, 6.45) is 1.78. The molecule has 2 N–H and O–H groups in total. The number of piperazine rings is 1. The first-order valence-corrected chi connectivity index (χ1v) is 8.21. The van der Waals surface area contributed by atoms with Crippen LogP contribution in [0.2, 0.25) is 0 Å². The largest absolute Gasteiger partial charge is 0.399 e. The first-order chi connectivity index (χ1) is 9.46. The van der Waals surface area contributed by atoms with E-state index in [2.05, 4.69) is 16.8 Å². The lowest BCUT2D eigenvalue weighted by Crippen LogP contribution is -2.45. The van der Waals surface area contributed by atoms with Gasteiger partial charge in [0.25, 0.3) is 0 Å². The summed E-state index contributed by atoms with van der Waals surface area (Å²) in [5.41, 5.74) is 6.93. The number of hydrogen-bond acceptors (Lipinski definition) is 5. The van der Waals surface area contributed by atoms with Gasteiger partial charge in [0.2, 0.25) is 9.84 Å². The lowest BCUT2D eigenvalue weighted by Gasteiger charge is -2.32. The predicted octanol–water partition coefficient (Wildman–Crippen LogP) is 0.644. The van der Waals surface area contributed by atoms with E-state index in [1.807, 2.05) is 0 Å². The van der Waals surface area contributed by atoms with Crippen molar-refractivity contribution in [3.63, 3.8) is 0 Å². The third kappa shape index (κ3) is 2.34. The lowest BCUT2D eigenvalue weighted by atomic mass is 10.2. The Hall–Kier alpha value is -1.37. The van der Waals surface area contributed by atoms with Crippen LogP contribution in [0.1, 0.15) is 5.56 Å². The van der Waals surface area contributed by atoms with E-state index < -0.39 is 9.84 Å². The van der Waals surface area contributed by atoms with Gasteiger partial charge in [0.05, 0.1) is 9.80 Å². The number of anilines is 1. The molecule has 5 nitrogen and oxygen atoms in total. The van der Waals surface area contributed by atoms with Crippen LogP contribution in [0.3, 0.4) is 0 Å². The molecule has 1 aromatic carbocycles. The molecule has 6 heteroatoms. The molecule has 1 aromatic rings. The van der Waals surface area contributed by atoms with Crippen LogP contribution in [-0.4, -0.2) is 58.0 Å². The minimum atomic E-state index is -3.36. The van der Waals surface area contributed by atoms with Gasteiger partial charge < -0.3 is 10.6 Å². The Morgan fingerprint density at radius 2 is 1.90 bits per heavy atom. The van der Waals surface area contributed by atoms with Crippen molar-refractivity contribution in [3.8, 4) is 0 Å². The number of benzene rings is 1. The van der Waals surface area contributed by atoms with Crippen LogP contribution in [0, 0.1) is 0 Å². The highest BCUT2D eigenvalue weighted by Gasteiger charge is 2.31. The Morgan fingerprint density at radius 1 is 1.20 bits per heavy atom. The van der Waals surface area contributed by atoms with Crippen molar-refractivity contribution in [1.29, 1.82) is 0 Å². The molecule has 3 rings (SSSR count). The summed E-state index contributed by atoms with van der Waals surface area (Å²) >= 11 is 0. The molecular weight excluding hydrogens is 274 g/mol. The average Bonchev–Trinajstić information content (AvgIpc) is 2.65. The average molecular weight is 293 g/mol. The van der Waals surface area contributed by atoms with E-state index in [0.717, 1.165) is 31.7 Å². The molecule has 0 aromatic heterocycles. The molecule has 0 radical (unpaired) electrons. The quantitative estimate of drug-likeness (QED) is 0.811. The Balaban J connectivity index is 1.83. The van der Waals surface area contributed by atoms with Gasteiger partial charge in [-0.2, -0.15) is 0 Å². The van der Waals surface area contributed by atoms with E-state index in [0.29, 0.717) is 22.0 Å². The monoisotopic (exact) mass is 293 g/mol. The fraction of sp³-hybridized carbons (Fsp3) is 0.429. The second-order valence-electron chi connectivity index (χ2n) is 5.49. The Kier molecular flexibility index (Phi) is 3.32. The maximum Gasteiger partial charge on any atom is 0.204 e. The second kappa shape index (κ2) is 4.87. The highest BCUT2D eigenvalue weighted by Crippen LogP contribution is 2.34. The van der Waals surface area contributed by atoms with Gasteiger partial charge >= 0.3 is 0 Å². The zero-order valence-corrected chi connectivity index (χ0v) is 12.4. The smallest absolute Gasteiger partial charge is 0.204 e. The topological polar surface area (TPSA) is 66.6 Å². The van der Waals surface area contributed by atoms with Crippen molar-refractivity contribution in [2.24, 2.45) is 0 Å². The van der Waals surface area contributed by atoms with E-state index in [9.17, 15) is 8.42 Å². The SMILES string of the molecule is CN1CCN(CC2=Cc3ccc(N)cc3S2(=O)=O)CC1. The van der Waals surface area contributed by atoms with Crippen molar-refractivity contribution >= 4 is 21.6 Å². The van der Waals surface area contributed by atoms with Gasteiger partial charge in [0, 0.05) is 38.4 Å². The fourth-order valence-electron chi connectivity index (χ4n) is 2.65. The minimum absolute atomic E-state index is 0.349. The molecule has 0 aliphatic carbocycles. The van der Waals surface area contributed by atoms with Crippen LogP contribution >= 0.6 is 0 Å². The number of nitrogen functional groups attached to an aromatic ring is 1. The molecule has 1 fully saturated rings. The molecule has 0 spiro atoms. The summed E-state index contributed by atoms with van der Waals surface area (Å²) < 4.78 is 25.0. The molecule has 0 amide bonds. The molecule has 0 bridgehead atoms. The van der Waals surface area contributed by atoms with Gasteiger partial charge in [0.1, 0.15) is 0 Å². The molecule has 2 aliphatic heterocycles. The van der Waals surface area contributed by atoms with Gasteiger partial charge in [-0.1, -0.05) is 6.07 Å². The first-order valence-electron chi connectivity index (χ1n) is 6.73. The number of rotatable bonds is 2. The van der Waals surface area contributed by atoms with Crippen LogP contribution in [0.15, 0.2) is 28.0 Å². The molecular formula is C14H19N3O2S. The highest BCUT2D eigenvalue weighted by atomic mass is 32.2. The van der Waals surface area contributed by atoms with Crippen LogP contribution in [-0.2, 0) is 9.84 Å². The Morgan fingerprint density at radius 3 is 2.60 bits per heavy atom. The van der Waals surface area contributed by atoms with Crippen molar-refractivity contribution in [1.82, 2.24) is 9.80 Å². The standard InChI is InChI=1S/C14H19N3O2S/c1-16-4-6-17(7-5-16)10-13-8-11-2-3-12(15)9-14(11)20(13,18)19/h2-3,8-9H,4-7,10,15H2,1H3. The minimum Gasteiger partial charge on any atom is -0.399 e. The van der Waals surface area contributed by atoms with Crippen LogP contribution in [0.25, 0.3) is 6.08 Å². The number of sulfone groups is 1. The highest BCUT2D eigenvalue weighted by molar-refractivity contribution is 7.95. The summed E-state index contributed by atoms with van der Waals surface area (Å²) in [7, 11) is -1.27. The number of fused-ring (bicyclic) bond motifs is 1. The van der Waals surface area contributed by atoms with Crippen LogP contribution in [0.4, 0.5) is 5.69 Å². The van der Waals surface area contributed by atoms with Crippen LogP contribution < -0.4 is 5.73 Å². The van der Waals surface area contributed by atoms with E-state index in [1.165, 1.54) is 0 Å². The summed E-state index contributed by atoms with van der Waals surface area (Å²) in [5, 5.41) is 0. The maximum atomic E-state index is 12.5. The van der Waals surface area contributed by atoms with Gasteiger partial charge in [-0.15, -0.1) is 0 Å². The summed E-state index contributed by atoms with van der Waals surface area (Å²) in [6.45, 7) is 4.26. The third-order valence-corrected chi connectivity index (χ3v) is 5.83. The molecule has 0 unspecified atom stereocenters. The predicted molar refractivity (Wildman–Crippen MR) is 80.0 cm³/mol. The van der Waals surface area contributed by atoms with E-state index in [1.54, 1.807) is 24.3 Å². The van der Waals surface area contributed by atoms with Gasteiger partial charge in [-0.05, 0) is 30.8 Å². The Bertz CT molecular complexity index is 659.